The first kappa shape index (κ1) is 15.5. The van der Waals surface area contributed by atoms with E-state index in [-0.39, 0.29) is 5.82 Å². The van der Waals surface area contributed by atoms with Crippen molar-refractivity contribution in [3.05, 3.63) is 65.0 Å². The highest BCUT2D eigenvalue weighted by atomic mass is 19.1. The summed E-state index contributed by atoms with van der Waals surface area (Å²) >= 11 is 0. The average molecular weight is 287 g/mol. The third-order valence-electron chi connectivity index (χ3n) is 3.46. The maximum Gasteiger partial charge on any atom is 0.123 e. The first-order valence-corrected chi connectivity index (χ1v) is 7.37. The van der Waals surface area contributed by atoms with Crippen LogP contribution in [-0.4, -0.2) is 13.2 Å². The minimum atomic E-state index is -0.171. The normalized spacial score (nSPS) is 10.6. The van der Waals surface area contributed by atoms with Gasteiger partial charge in [-0.15, -0.1) is 0 Å². The summed E-state index contributed by atoms with van der Waals surface area (Å²) in [5.74, 6) is 0.764. The summed E-state index contributed by atoms with van der Waals surface area (Å²) in [4.78, 5) is 0. The third kappa shape index (κ3) is 4.57. The van der Waals surface area contributed by atoms with Gasteiger partial charge in [-0.2, -0.15) is 0 Å². The van der Waals surface area contributed by atoms with Gasteiger partial charge in [-0.25, -0.2) is 4.39 Å². The lowest BCUT2D eigenvalue weighted by atomic mass is 10.1. The van der Waals surface area contributed by atoms with E-state index >= 15 is 0 Å². The van der Waals surface area contributed by atoms with Crippen molar-refractivity contribution in [3.8, 4) is 5.75 Å². The molecule has 2 nitrogen and oxygen atoms in total. The Morgan fingerprint density at radius 1 is 1.10 bits per heavy atom. The Morgan fingerprint density at radius 3 is 2.67 bits per heavy atom. The van der Waals surface area contributed by atoms with Crippen LogP contribution in [0, 0.1) is 12.7 Å². The van der Waals surface area contributed by atoms with E-state index < -0.39 is 0 Å². The molecule has 0 radical (unpaired) electrons. The van der Waals surface area contributed by atoms with Crippen molar-refractivity contribution in [2.45, 2.75) is 26.8 Å². The molecule has 2 rings (SSSR count). The second-order valence-electron chi connectivity index (χ2n) is 5.04. The van der Waals surface area contributed by atoms with E-state index in [4.69, 9.17) is 4.74 Å². The molecule has 0 aromatic heterocycles. The van der Waals surface area contributed by atoms with E-state index in [2.05, 4.69) is 11.4 Å². The number of benzene rings is 2. The molecule has 0 fully saturated rings. The van der Waals surface area contributed by atoms with Gasteiger partial charge >= 0.3 is 0 Å². The van der Waals surface area contributed by atoms with Gasteiger partial charge < -0.3 is 10.1 Å². The zero-order valence-corrected chi connectivity index (χ0v) is 12.7. The number of hydrogen-bond donors (Lipinski definition) is 1. The summed E-state index contributed by atoms with van der Waals surface area (Å²) in [6.45, 7) is 6.24. The molecule has 0 heterocycles. The van der Waals surface area contributed by atoms with Crippen LogP contribution in [0.1, 0.15) is 23.6 Å². The molecule has 0 amide bonds. The molecule has 0 atom stereocenters. The van der Waals surface area contributed by atoms with Gasteiger partial charge in [0.15, 0.2) is 0 Å². The van der Waals surface area contributed by atoms with Gasteiger partial charge in [0.1, 0.15) is 11.6 Å². The summed E-state index contributed by atoms with van der Waals surface area (Å²) in [6, 6.07) is 13.0. The number of ether oxygens (including phenoxy) is 1. The summed E-state index contributed by atoms with van der Waals surface area (Å²) in [5, 5.41) is 3.42. The van der Waals surface area contributed by atoms with Crippen LogP contribution >= 0.6 is 0 Å². The van der Waals surface area contributed by atoms with Crippen molar-refractivity contribution in [1.29, 1.82) is 0 Å². The fourth-order valence-electron chi connectivity index (χ4n) is 2.33. The van der Waals surface area contributed by atoms with Gasteiger partial charge in [-0.1, -0.05) is 24.3 Å². The van der Waals surface area contributed by atoms with Crippen molar-refractivity contribution in [2.75, 3.05) is 13.2 Å². The summed E-state index contributed by atoms with van der Waals surface area (Å²) in [7, 11) is 0. The van der Waals surface area contributed by atoms with E-state index in [0.29, 0.717) is 6.61 Å². The lowest BCUT2D eigenvalue weighted by molar-refractivity contribution is 0.335. The molecule has 0 bridgehead atoms. The Bertz CT molecular complexity index is 583. The van der Waals surface area contributed by atoms with Gasteiger partial charge in [0, 0.05) is 12.1 Å². The van der Waals surface area contributed by atoms with E-state index in [9.17, 15) is 4.39 Å². The molecule has 0 saturated heterocycles. The van der Waals surface area contributed by atoms with Crippen molar-refractivity contribution in [2.24, 2.45) is 0 Å². The van der Waals surface area contributed by atoms with Crippen LogP contribution in [0.5, 0.6) is 5.75 Å². The Hall–Kier alpha value is -1.87. The molecule has 112 valence electrons. The van der Waals surface area contributed by atoms with Crippen LogP contribution in [0.4, 0.5) is 4.39 Å². The van der Waals surface area contributed by atoms with Crippen LogP contribution in [-0.2, 0) is 13.0 Å². The van der Waals surface area contributed by atoms with Crippen molar-refractivity contribution >= 4 is 0 Å². The predicted octanol–water partition coefficient (Wildman–Crippen LogP) is 3.87. The lowest BCUT2D eigenvalue weighted by Crippen LogP contribution is -2.17. The fraction of sp³-hybridized carbons (Fsp3) is 0.333. The predicted molar refractivity (Wildman–Crippen MR) is 84.2 cm³/mol. The van der Waals surface area contributed by atoms with Gasteiger partial charge in [0.25, 0.3) is 0 Å². The molecule has 3 heteroatoms. The summed E-state index contributed by atoms with van der Waals surface area (Å²) in [5.41, 5.74) is 3.35. The second-order valence-corrected chi connectivity index (χ2v) is 5.04. The molecule has 21 heavy (non-hydrogen) atoms. The number of hydrogen-bond acceptors (Lipinski definition) is 2. The Balaban J connectivity index is 1.84. The monoisotopic (exact) mass is 287 g/mol. The minimum Gasteiger partial charge on any atom is -0.494 e. The van der Waals surface area contributed by atoms with Crippen LogP contribution in [0.2, 0.25) is 0 Å². The zero-order valence-electron chi connectivity index (χ0n) is 12.7. The SMILES string of the molecule is CCOc1ccccc1CNCCc1ccc(F)cc1C. The number of para-hydroxylation sites is 1. The minimum absolute atomic E-state index is 0.171. The molecule has 2 aromatic rings. The van der Waals surface area contributed by atoms with Crippen LogP contribution in [0.25, 0.3) is 0 Å². The summed E-state index contributed by atoms with van der Waals surface area (Å²) in [6.07, 6.45) is 0.892. The summed E-state index contributed by atoms with van der Waals surface area (Å²) < 4.78 is 18.6. The topological polar surface area (TPSA) is 21.3 Å². The number of aryl methyl sites for hydroxylation is 1. The van der Waals surface area contributed by atoms with Crippen molar-refractivity contribution in [1.82, 2.24) is 5.32 Å². The standard InChI is InChI=1S/C18H22FNO/c1-3-21-18-7-5-4-6-16(18)13-20-11-10-15-8-9-17(19)12-14(15)2/h4-9,12,20H,3,10-11,13H2,1-2H3. The highest BCUT2D eigenvalue weighted by Gasteiger charge is 2.03. The fourth-order valence-corrected chi connectivity index (χ4v) is 2.33. The highest BCUT2D eigenvalue weighted by Crippen LogP contribution is 2.17. The maximum absolute atomic E-state index is 13.0. The zero-order chi connectivity index (χ0) is 15.1. The van der Waals surface area contributed by atoms with Gasteiger partial charge in [0.2, 0.25) is 0 Å². The molecule has 2 aromatic carbocycles. The highest BCUT2D eigenvalue weighted by molar-refractivity contribution is 5.33. The van der Waals surface area contributed by atoms with E-state index in [0.717, 1.165) is 36.4 Å². The van der Waals surface area contributed by atoms with Crippen molar-refractivity contribution in [3.63, 3.8) is 0 Å². The Morgan fingerprint density at radius 2 is 1.90 bits per heavy atom. The van der Waals surface area contributed by atoms with Gasteiger partial charge in [0.05, 0.1) is 6.61 Å². The van der Waals surface area contributed by atoms with Crippen LogP contribution in [0.3, 0.4) is 0 Å². The number of nitrogens with one attached hydrogen (secondary N) is 1. The molecule has 0 unspecified atom stereocenters. The molecule has 1 N–H and O–H groups in total. The molecule has 0 aliphatic heterocycles. The molecule has 0 aliphatic carbocycles. The van der Waals surface area contributed by atoms with Crippen LogP contribution < -0.4 is 10.1 Å². The second kappa shape index (κ2) is 7.79. The van der Waals surface area contributed by atoms with Gasteiger partial charge in [-0.05, 0) is 56.1 Å². The maximum atomic E-state index is 13.0. The largest absolute Gasteiger partial charge is 0.494 e. The van der Waals surface area contributed by atoms with Gasteiger partial charge in [-0.3, -0.25) is 0 Å². The molecular formula is C18H22FNO. The van der Waals surface area contributed by atoms with E-state index in [1.807, 2.05) is 38.1 Å². The lowest BCUT2D eigenvalue weighted by Gasteiger charge is -2.11. The van der Waals surface area contributed by atoms with Crippen molar-refractivity contribution < 1.29 is 9.13 Å². The molecular weight excluding hydrogens is 265 g/mol. The average Bonchev–Trinajstić information content (AvgIpc) is 2.47. The Kier molecular flexibility index (Phi) is 5.76. The molecule has 0 spiro atoms. The van der Waals surface area contributed by atoms with E-state index in [1.54, 1.807) is 6.07 Å². The molecule has 0 saturated carbocycles. The number of rotatable bonds is 7. The molecule has 0 aliphatic rings. The van der Waals surface area contributed by atoms with E-state index in [1.165, 1.54) is 11.6 Å². The first-order valence-electron chi connectivity index (χ1n) is 7.37. The third-order valence-corrected chi connectivity index (χ3v) is 3.46. The quantitative estimate of drug-likeness (QED) is 0.781. The smallest absolute Gasteiger partial charge is 0.123 e. The van der Waals surface area contributed by atoms with Crippen LogP contribution in [0.15, 0.2) is 42.5 Å². The number of halogens is 1. The first-order chi connectivity index (χ1) is 10.2. The Labute approximate surface area is 126 Å².